The minimum Gasteiger partial charge on any atom is -0.495 e. The number of cyclic esters (lactones) is 1. The molecule has 1 saturated heterocycles. The number of aliphatic hydroxyl groups excluding tert-OH is 2. The van der Waals surface area contributed by atoms with Gasteiger partial charge in [0, 0.05) is 57.1 Å². The predicted molar refractivity (Wildman–Crippen MR) is 119 cm³/mol. The fraction of sp³-hybridized carbons (Fsp3) is 0.458. The molecular formula is C24H28N4O5. The van der Waals surface area contributed by atoms with E-state index in [1.54, 1.807) is 12.1 Å². The number of aryl methyl sites for hydroxylation is 1. The number of pyridine rings is 1. The molecule has 0 saturated carbocycles. The molecule has 0 aliphatic carbocycles. The second-order valence-electron chi connectivity index (χ2n) is 8.50. The van der Waals surface area contributed by atoms with Crippen LogP contribution in [-0.4, -0.2) is 77.3 Å². The van der Waals surface area contributed by atoms with Gasteiger partial charge in [-0.2, -0.15) is 5.26 Å². The Morgan fingerprint density at radius 2 is 1.82 bits per heavy atom. The average molecular weight is 453 g/mol. The Morgan fingerprint density at radius 1 is 1.15 bits per heavy atom. The minimum atomic E-state index is -0.789. The van der Waals surface area contributed by atoms with Crippen LogP contribution in [0.2, 0.25) is 0 Å². The standard InChI is InChI=1S/C24H28N4O5/c1-15-7-19-16(14-33-24(19)31)8-18(15)21(29)12-27-3-5-28(6-4-27)13-22(30)20-9-23(32-2)17(10-25)11-26-20/h7-9,11,21-22,29-30H,3-6,12-14H2,1-2H3. The number of esters is 1. The number of hydrogen-bond acceptors (Lipinski definition) is 9. The van der Waals surface area contributed by atoms with E-state index in [9.17, 15) is 15.0 Å². The van der Waals surface area contributed by atoms with Gasteiger partial charge in [0.1, 0.15) is 30.1 Å². The molecule has 1 aromatic carbocycles. The molecular weight excluding hydrogens is 424 g/mol. The van der Waals surface area contributed by atoms with Gasteiger partial charge in [-0.1, -0.05) is 0 Å². The van der Waals surface area contributed by atoms with E-state index in [1.165, 1.54) is 13.3 Å². The number of benzene rings is 1. The van der Waals surface area contributed by atoms with Gasteiger partial charge in [0.2, 0.25) is 0 Å². The van der Waals surface area contributed by atoms with Gasteiger partial charge in [0.25, 0.3) is 0 Å². The van der Waals surface area contributed by atoms with Crippen molar-refractivity contribution >= 4 is 5.97 Å². The number of nitrogens with zero attached hydrogens (tertiary/aromatic N) is 4. The zero-order valence-corrected chi connectivity index (χ0v) is 18.8. The van der Waals surface area contributed by atoms with Crippen molar-refractivity contribution in [3.05, 3.63) is 57.9 Å². The molecule has 33 heavy (non-hydrogen) atoms. The Labute approximate surface area is 192 Å². The van der Waals surface area contributed by atoms with Crippen LogP contribution in [0, 0.1) is 18.3 Å². The normalized spacial score (nSPS) is 18.3. The third kappa shape index (κ3) is 4.99. The summed E-state index contributed by atoms with van der Waals surface area (Å²) in [5, 5.41) is 30.5. The largest absolute Gasteiger partial charge is 0.495 e. The smallest absolute Gasteiger partial charge is 0.338 e. The Kier molecular flexibility index (Phi) is 6.91. The highest BCUT2D eigenvalue weighted by molar-refractivity contribution is 5.93. The number of β-amino-alcohol motifs (C(OH)–C–C–N with tert-alkyl or cyclic N) is 2. The number of carbonyl (C=O) groups excluding carboxylic acids is 1. The number of rotatable bonds is 7. The van der Waals surface area contributed by atoms with Gasteiger partial charge in [-0.05, 0) is 30.2 Å². The summed E-state index contributed by atoms with van der Waals surface area (Å²) in [6.07, 6.45) is -0.0269. The highest BCUT2D eigenvalue weighted by Crippen LogP contribution is 2.28. The highest BCUT2D eigenvalue weighted by Gasteiger charge is 2.26. The monoisotopic (exact) mass is 452 g/mol. The van der Waals surface area contributed by atoms with Crippen molar-refractivity contribution in [1.29, 1.82) is 5.26 Å². The SMILES string of the molecule is COc1cc(C(O)CN2CCN(CC(O)c3cc4c(cc3C)C(=O)OC4)CC2)ncc1C#N. The second-order valence-corrected chi connectivity index (χ2v) is 8.50. The van der Waals surface area contributed by atoms with Crippen molar-refractivity contribution in [3.8, 4) is 11.8 Å². The van der Waals surface area contributed by atoms with Gasteiger partial charge < -0.3 is 19.7 Å². The van der Waals surface area contributed by atoms with Crippen LogP contribution in [0.15, 0.2) is 24.4 Å². The number of aliphatic hydroxyl groups is 2. The van der Waals surface area contributed by atoms with E-state index in [2.05, 4.69) is 14.8 Å². The van der Waals surface area contributed by atoms with Crippen LogP contribution in [-0.2, 0) is 11.3 Å². The molecule has 2 atom stereocenters. The zero-order chi connectivity index (χ0) is 23.5. The van der Waals surface area contributed by atoms with E-state index >= 15 is 0 Å². The number of carbonyl (C=O) groups is 1. The van der Waals surface area contributed by atoms with Crippen molar-refractivity contribution in [1.82, 2.24) is 14.8 Å². The first-order valence-electron chi connectivity index (χ1n) is 10.9. The number of fused-ring (bicyclic) bond motifs is 1. The quantitative estimate of drug-likeness (QED) is 0.600. The highest BCUT2D eigenvalue weighted by atomic mass is 16.5. The average Bonchev–Trinajstić information content (AvgIpc) is 3.18. The Bertz CT molecular complexity index is 1080. The summed E-state index contributed by atoms with van der Waals surface area (Å²) >= 11 is 0. The molecule has 174 valence electrons. The molecule has 0 radical (unpaired) electrons. The predicted octanol–water partition coefficient (Wildman–Crippen LogP) is 1.33. The molecule has 0 amide bonds. The first-order chi connectivity index (χ1) is 15.9. The molecule has 2 aliphatic rings. The maximum Gasteiger partial charge on any atom is 0.338 e. The lowest BCUT2D eigenvalue weighted by atomic mass is 9.96. The number of aromatic nitrogens is 1. The topological polar surface area (TPSA) is 119 Å². The summed E-state index contributed by atoms with van der Waals surface area (Å²) in [5.41, 5.74) is 3.92. The van der Waals surface area contributed by atoms with Crippen LogP contribution in [0.1, 0.15) is 50.5 Å². The van der Waals surface area contributed by atoms with Gasteiger partial charge in [-0.25, -0.2) is 4.79 Å². The lowest BCUT2D eigenvalue weighted by Crippen LogP contribution is -2.48. The van der Waals surface area contributed by atoms with E-state index in [0.717, 1.165) is 42.9 Å². The van der Waals surface area contributed by atoms with Gasteiger partial charge in [0.05, 0.1) is 24.5 Å². The van der Waals surface area contributed by atoms with Crippen LogP contribution in [0.4, 0.5) is 0 Å². The molecule has 1 aromatic heterocycles. The summed E-state index contributed by atoms with van der Waals surface area (Å²) < 4.78 is 10.3. The molecule has 2 aromatic rings. The van der Waals surface area contributed by atoms with Crippen molar-refractivity contribution in [3.63, 3.8) is 0 Å². The van der Waals surface area contributed by atoms with Crippen molar-refractivity contribution in [2.24, 2.45) is 0 Å². The molecule has 9 nitrogen and oxygen atoms in total. The second kappa shape index (κ2) is 9.85. The molecule has 0 spiro atoms. The van der Waals surface area contributed by atoms with E-state index in [0.29, 0.717) is 35.7 Å². The van der Waals surface area contributed by atoms with Crippen LogP contribution in [0.5, 0.6) is 5.75 Å². The van der Waals surface area contributed by atoms with Crippen molar-refractivity contribution in [2.75, 3.05) is 46.4 Å². The number of ether oxygens (including phenoxy) is 2. The van der Waals surface area contributed by atoms with E-state index < -0.39 is 12.2 Å². The van der Waals surface area contributed by atoms with Crippen molar-refractivity contribution in [2.45, 2.75) is 25.7 Å². The van der Waals surface area contributed by atoms with Gasteiger partial charge >= 0.3 is 5.97 Å². The maximum atomic E-state index is 11.7. The number of methoxy groups -OCH3 is 1. The van der Waals surface area contributed by atoms with E-state index in [4.69, 9.17) is 14.7 Å². The Morgan fingerprint density at radius 3 is 2.45 bits per heavy atom. The van der Waals surface area contributed by atoms with Crippen LogP contribution in [0.25, 0.3) is 0 Å². The van der Waals surface area contributed by atoms with Gasteiger partial charge in [0.15, 0.2) is 0 Å². The Balaban J connectivity index is 1.30. The van der Waals surface area contributed by atoms with Crippen LogP contribution < -0.4 is 4.74 Å². The van der Waals surface area contributed by atoms with Gasteiger partial charge in [-0.3, -0.25) is 14.8 Å². The maximum absolute atomic E-state index is 11.7. The lowest BCUT2D eigenvalue weighted by Gasteiger charge is -2.36. The lowest BCUT2D eigenvalue weighted by molar-refractivity contribution is 0.0470. The molecule has 3 heterocycles. The molecule has 9 heteroatoms. The molecule has 1 fully saturated rings. The molecule has 2 N–H and O–H groups in total. The third-order valence-electron chi connectivity index (χ3n) is 6.33. The first-order valence-corrected chi connectivity index (χ1v) is 10.9. The minimum absolute atomic E-state index is 0.259. The molecule has 2 aliphatic heterocycles. The first kappa shape index (κ1) is 23.1. The summed E-state index contributed by atoms with van der Waals surface area (Å²) in [6, 6.07) is 7.30. The Hall–Kier alpha value is -3.03. The third-order valence-corrected chi connectivity index (χ3v) is 6.33. The van der Waals surface area contributed by atoms with Crippen LogP contribution in [0.3, 0.4) is 0 Å². The summed E-state index contributed by atoms with van der Waals surface area (Å²) in [6.45, 7) is 6.12. The zero-order valence-electron chi connectivity index (χ0n) is 18.8. The van der Waals surface area contributed by atoms with Gasteiger partial charge in [-0.15, -0.1) is 0 Å². The molecule has 2 unspecified atom stereocenters. The molecule has 0 bridgehead atoms. The summed E-state index contributed by atoms with van der Waals surface area (Å²) in [7, 11) is 1.48. The fourth-order valence-electron chi connectivity index (χ4n) is 4.38. The summed E-state index contributed by atoms with van der Waals surface area (Å²) in [4.78, 5) is 20.3. The summed E-state index contributed by atoms with van der Waals surface area (Å²) in [5.74, 6) is 0.0974. The number of hydrogen-bond donors (Lipinski definition) is 2. The fourth-order valence-corrected chi connectivity index (χ4v) is 4.38. The van der Waals surface area contributed by atoms with Crippen LogP contribution >= 0.6 is 0 Å². The number of piperazine rings is 1. The van der Waals surface area contributed by atoms with Crippen molar-refractivity contribution < 1.29 is 24.5 Å². The van der Waals surface area contributed by atoms with E-state index in [-0.39, 0.29) is 12.6 Å². The van der Waals surface area contributed by atoms with E-state index in [1.807, 2.05) is 19.1 Å². The number of nitriles is 1. The molecule has 4 rings (SSSR count).